The minimum absolute atomic E-state index is 0.250. The van der Waals surface area contributed by atoms with E-state index in [9.17, 15) is 9.59 Å². The second-order valence-corrected chi connectivity index (χ2v) is 9.63. The lowest BCUT2D eigenvalue weighted by Gasteiger charge is -2.09. The fourth-order valence-corrected chi connectivity index (χ4v) is 4.48. The number of carbonyl (C=O) groups excluding carboxylic acids is 2. The number of aryl methyl sites for hydroxylation is 2. The van der Waals surface area contributed by atoms with Crippen molar-refractivity contribution in [3.63, 3.8) is 0 Å². The number of rotatable bonds is 10. The van der Waals surface area contributed by atoms with Gasteiger partial charge >= 0.3 is 0 Å². The van der Waals surface area contributed by atoms with Crippen molar-refractivity contribution in [2.75, 3.05) is 21.3 Å². The van der Waals surface area contributed by atoms with Crippen molar-refractivity contribution in [2.24, 2.45) is 0 Å². The van der Waals surface area contributed by atoms with Crippen LogP contribution in [0, 0.1) is 0 Å². The molecule has 0 aliphatic rings. The third kappa shape index (κ3) is 6.98. The first-order valence-corrected chi connectivity index (χ1v) is 14.0. The molecule has 8 nitrogen and oxygen atoms in total. The fraction of sp³-hybridized carbons (Fsp3) is 0.118. The van der Waals surface area contributed by atoms with Gasteiger partial charge in [-0.1, -0.05) is 12.1 Å². The molecule has 0 aliphatic carbocycles. The molecule has 0 saturated heterocycles. The zero-order chi connectivity index (χ0) is 29.3. The molecule has 0 aliphatic heterocycles. The van der Waals surface area contributed by atoms with Gasteiger partial charge in [0.15, 0.2) is 0 Å². The number of benzene rings is 3. The minimum Gasteiger partial charge on any atom is -0.322 e. The van der Waals surface area contributed by atoms with Crippen LogP contribution in [0.2, 0.25) is 0 Å². The summed E-state index contributed by atoms with van der Waals surface area (Å²) in [4.78, 5) is 25.6. The van der Waals surface area contributed by atoms with Crippen molar-refractivity contribution in [3.8, 4) is 0 Å². The van der Waals surface area contributed by atoms with E-state index in [1.165, 1.54) is 0 Å². The topological polar surface area (TPSA) is 90.0 Å². The highest BCUT2D eigenvalue weighted by Gasteiger charge is 2.12. The van der Waals surface area contributed by atoms with Crippen molar-refractivity contribution in [1.82, 2.24) is 0 Å². The summed E-state index contributed by atoms with van der Waals surface area (Å²) in [6.45, 7) is 5.90. The van der Waals surface area contributed by atoms with E-state index >= 15 is 0 Å². The van der Waals surface area contributed by atoms with E-state index in [1.54, 1.807) is 24.3 Å². The quantitative estimate of drug-likeness (QED) is 0.152. The van der Waals surface area contributed by atoms with Gasteiger partial charge in [-0.05, 0) is 98.8 Å². The number of pyridine rings is 2. The second kappa shape index (κ2) is 13.2. The molecule has 0 saturated carbocycles. The molecule has 0 bridgehead atoms. The maximum atomic E-state index is 12.8. The van der Waals surface area contributed by atoms with Gasteiger partial charge in [0, 0.05) is 34.6 Å². The maximum absolute atomic E-state index is 12.8. The van der Waals surface area contributed by atoms with E-state index in [0.29, 0.717) is 22.5 Å². The van der Waals surface area contributed by atoms with Gasteiger partial charge in [-0.15, -0.1) is 0 Å². The van der Waals surface area contributed by atoms with Crippen molar-refractivity contribution < 1.29 is 18.7 Å². The molecule has 8 heteroatoms. The van der Waals surface area contributed by atoms with E-state index < -0.39 is 0 Å². The summed E-state index contributed by atoms with van der Waals surface area (Å²) in [5.41, 5.74) is 4.12. The lowest BCUT2D eigenvalue weighted by molar-refractivity contribution is -0.679. The normalized spacial score (nSPS) is 10.5. The zero-order valence-corrected chi connectivity index (χ0v) is 23.7. The summed E-state index contributed by atoms with van der Waals surface area (Å²) in [7, 11) is 0. The van der Waals surface area contributed by atoms with Crippen LogP contribution in [0.25, 0.3) is 0 Å². The molecule has 0 unspecified atom stereocenters. The summed E-state index contributed by atoms with van der Waals surface area (Å²) < 4.78 is 4.22. The molecule has 0 spiro atoms. The molecular formula is C34H34N6O2+2. The molecule has 0 atom stereocenters. The van der Waals surface area contributed by atoms with Crippen LogP contribution in [-0.2, 0) is 13.1 Å². The molecule has 42 heavy (non-hydrogen) atoms. The highest BCUT2D eigenvalue weighted by molar-refractivity contribution is 6.07. The SMILES string of the molecule is CC[n+]1ccccc1Nc1ccc(NC(=O)c2ccc(C(=O)Nc3ccc(Nc4cccc[n+]4CC)cc3)cc2)cc1. The predicted molar refractivity (Wildman–Crippen MR) is 166 cm³/mol. The van der Waals surface area contributed by atoms with E-state index in [2.05, 4.69) is 44.2 Å². The van der Waals surface area contributed by atoms with Crippen molar-refractivity contribution in [2.45, 2.75) is 26.9 Å². The Morgan fingerprint density at radius 2 is 0.857 bits per heavy atom. The van der Waals surface area contributed by atoms with E-state index in [0.717, 1.165) is 36.1 Å². The van der Waals surface area contributed by atoms with Gasteiger partial charge in [-0.3, -0.25) is 9.59 Å². The summed E-state index contributed by atoms with van der Waals surface area (Å²) >= 11 is 0. The lowest BCUT2D eigenvalue weighted by atomic mass is 10.1. The van der Waals surface area contributed by atoms with Gasteiger partial charge in [0.25, 0.3) is 23.5 Å². The summed E-state index contributed by atoms with van der Waals surface area (Å²) in [6, 6.07) is 33.7. The van der Waals surface area contributed by atoms with Crippen LogP contribution >= 0.6 is 0 Å². The monoisotopic (exact) mass is 558 g/mol. The zero-order valence-electron chi connectivity index (χ0n) is 23.7. The van der Waals surface area contributed by atoms with Gasteiger partial charge in [0.2, 0.25) is 0 Å². The first-order valence-electron chi connectivity index (χ1n) is 14.0. The number of hydrogen-bond donors (Lipinski definition) is 4. The van der Waals surface area contributed by atoms with Crippen LogP contribution < -0.4 is 30.4 Å². The Hall–Kier alpha value is -5.50. The first kappa shape index (κ1) is 28.0. The number of amides is 2. The Morgan fingerprint density at radius 1 is 0.500 bits per heavy atom. The Labute approximate surface area is 245 Å². The Bertz CT molecular complexity index is 1540. The molecule has 2 heterocycles. The van der Waals surface area contributed by atoms with Crippen molar-refractivity contribution in [1.29, 1.82) is 0 Å². The van der Waals surface area contributed by atoms with E-state index in [4.69, 9.17) is 0 Å². The number of nitrogens with one attached hydrogen (secondary N) is 4. The molecule has 4 N–H and O–H groups in total. The van der Waals surface area contributed by atoms with Crippen LogP contribution in [0.1, 0.15) is 34.6 Å². The van der Waals surface area contributed by atoms with Crippen LogP contribution in [0.4, 0.5) is 34.4 Å². The largest absolute Gasteiger partial charge is 0.322 e. The smallest absolute Gasteiger partial charge is 0.279 e. The molecule has 2 amide bonds. The third-order valence-electron chi connectivity index (χ3n) is 6.80. The predicted octanol–water partition coefficient (Wildman–Crippen LogP) is 6.29. The minimum atomic E-state index is -0.250. The number of hydrogen-bond acceptors (Lipinski definition) is 4. The van der Waals surface area contributed by atoms with Gasteiger partial charge < -0.3 is 10.6 Å². The van der Waals surface area contributed by atoms with Crippen LogP contribution in [0.3, 0.4) is 0 Å². The number of anilines is 6. The van der Waals surface area contributed by atoms with Gasteiger partial charge in [-0.2, -0.15) is 0 Å². The van der Waals surface area contributed by atoms with Crippen LogP contribution in [0.15, 0.2) is 122 Å². The number of carbonyl (C=O) groups is 2. The Morgan fingerprint density at radius 3 is 1.21 bits per heavy atom. The summed E-state index contributed by atoms with van der Waals surface area (Å²) in [5.74, 6) is 1.48. The number of nitrogens with zero attached hydrogens (tertiary/aromatic N) is 2. The molecule has 3 aromatic carbocycles. The summed E-state index contributed by atoms with van der Waals surface area (Å²) in [5, 5.41) is 12.6. The van der Waals surface area contributed by atoms with Gasteiger partial charge in [0.1, 0.15) is 11.4 Å². The average molecular weight is 559 g/mol. The average Bonchev–Trinajstić information content (AvgIpc) is 3.03. The molecule has 2 aromatic heterocycles. The van der Waals surface area contributed by atoms with Crippen molar-refractivity contribution in [3.05, 3.63) is 133 Å². The molecular weight excluding hydrogens is 524 g/mol. The van der Waals surface area contributed by atoms with Crippen LogP contribution in [-0.4, -0.2) is 11.8 Å². The van der Waals surface area contributed by atoms with E-state index in [1.807, 2.05) is 97.3 Å². The van der Waals surface area contributed by atoms with Gasteiger partial charge in [0.05, 0.1) is 25.5 Å². The standard InChI is InChI=1S/C34H32N6O2/c1-3-39-23-7-5-9-31(39)35-27-15-19-29(20-16-27)37-33(41)25-11-13-26(14-12-25)34(42)38-30-21-17-28(18-22-30)36-32-10-6-8-24-40(32)4-2/h5-24H,3-4H2,1-2H3,(H2,37,38,41,42)/p+2. The third-order valence-corrected chi connectivity index (χ3v) is 6.80. The lowest BCUT2D eigenvalue weighted by Crippen LogP contribution is -2.34. The number of aromatic nitrogens is 2. The molecule has 5 rings (SSSR count). The molecule has 0 fully saturated rings. The molecule has 5 aromatic rings. The fourth-order valence-electron chi connectivity index (χ4n) is 4.48. The molecule has 210 valence electrons. The summed E-state index contributed by atoms with van der Waals surface area (Å²) in [6.07, 6.45) is 4.05. The maximum Gasteiger partial charge on any atom is 0.279 e. The first-order chi connectivity index (χ1) is 20.5. The molecule has 0 radical (unpaired) electrons. The Kier molecular flexibility index (Phi) is 8.84. The Balaban J connectivity index is 1.15. The van der Waals surface area contributed by atoms with E-state index in [-0.39, 0.29) is 11.8 Å². The van der Waals surface area contributed by atoms with Crippen LogP contribution in [0.5, 0.6) is 0 Å². The highest BCUT2D eigenvalue weighted by Crippen LogP contribution is 2.20. The van der Waals surface area contributed by atoms with Gasteiger partial charge in [-0.25, -0.2) is 19.8 Å². The van der Waals surface area contributed by atoms with Crippen molar-refractivity contribution >= 4 is 46.2 Å². The highest BCUT2D eigenvalue weighted by atomic mass is 16.2. The second-order valence-electron chi connectivity index (χ2n) is 9.63.